The predicted molar refractivity (Wildman–Crippen MR) is 81.6 cm³/mol. The Bertz CT molecular complexity index is 370. The van der Waals surface area contributed by atoms with Crippen LogP contribution in [0.1, 0.15) is 33.1 Å². The monoisotopic (exact) mass is 265 g/mol. The summed E-state index contributed by atoms with van der Waals surface area (Å²) >= 11 is 2.07. The van der Waals surface area contributed by atoms with Crippen LogP contribution in [0.15, 0.2) is 18.2 Å². The molecule has 2 unspecified atom stereocenters. The summed E-state index contributed by atoms with van der Waals surface area (Å²) in [5.41, 5.74) is 0. The van der Waals surface area contributed by atoms with Gasteiger partial charge in [0.05, 0.1) is 0 Å². The number of hydrogen-bond acceptors (Lipinski definition) is 4. The standard InChI is InChI=1S/C14H23N3S/c1-3-15-13-9-6-10-14(17-13)16-11-7-5-8-12(11)18-4-2/h6,9-12H,3-5,7-8H2,1-2H3,(H2,15,16,17). The van der Waals surface area contributed by atoms with E-state index in [2.05, 4.69) is 53.4 Å². The van der Waals surface area contributed by atoms with Gasteiger partial charge in [0, 0.05) is 17.8 Å². The Morgan fingerprint density at radius 1 is 1.28 bits per heavy atom. The van der Waals surface area contributed by atoms with Gasteiger partial charge in [-0.3, -0.25) is 0 Å². The number of hydrogen-bond donors (Lipinski definition) is 2. The molecule has 18 heavy (non-hydrogen) atoms. The van der Waals surface area contributed by atoms with E-state index in [4.69, 9.17) is 0 Å². The van der Waals surface area contributed by atoms with Crippen LogP contribution in [0.3, 0.4) is 0 Å². The number of rotatable bonds is 6. The lowest BCUT2D eigenvalue weighted by molar-refractivity contribution is 0.763. The topological polar surface area (TPSA) is 37.0 Å². The van der Waals surface area contributed by atoms with Crippen molar-refractivity contribution in [3.8, 4) is 0 Å². The largest absolute Gasteiger partial charge is 0.370 e. The molecule has 0 aromatic carbocycles. The Labute approximate surface area is 114 Å². The highest BCUT2D eigenvalue weighted by molar-refractivity contribution is 7.99. The second kappa shape index (κ2) is 6.88. The second-order valence-electron chi connectivity index (χ2n) is 4.61. The van der Waals surface area contributed by atoms with Crippen LogP contribution in [0, 0.1) is 0 Å². The summed E-state index contributed by atoms with van der Waals surface area (Å²) in [6.45, 7) is 5.24. The van der Waals surface area contributed by atoms with E-state index < -0.39 is 0 Å². The average Bonchev–Trinajstić information content (AvgIpc) is 2.78. The van der Waals surface area contributed by atoms with Crippen LogP contribution in [0.25, 0.3) is 0 Å². The van der Waals surface area contributed by atoms with E-state index in [-0.39, 0.29) is 0 Å². The Morgan fingerprint density at radius 2 is 2.11 bits per heavy atom. The summed E-state index contributed by atoms with van der Waals surface area (Å²) in [6.07, 6.45) is 3.94. The van der Waals surface area contributed by atoms with Crippen molar-refractivity contribution in [3.63, 3.8) is 0 Å². The number of aromatic nitrogens is 1. The van der Waals surface area contributed by atoms with Crippen LogP contribution in [0.4, 0.5) is 11.6 Å². The summed E-state index contributed by atoms with van der Waals surface area (Å²) < 4.78 is 0. The van der Waals surface area contributed by atoms with Gasteiger partial charge in [-0.15, -0.1) is 0 Å². The van der Waals surface area contributed by atoms with Crippen molar-refractivity contribution in [2.75, 3.05) is 22.9 Å². The van der Waals surface area contributed by atoms with Crippen LogP contribution in [-0.2, 0) is 0 Å². The molecule has 2 atom stereocenters. The van der Waals surface area contributed by atoms with Crippen molar-refractivity contribution in [1.29, 1.82) is 0 Å². The fourth-order valence-corrected chi connectivity index (χ4v) is 3.69. The third-order valence-electron chi connectivity index (χ3n) is 3.27. The zero-order chi connectivity index (χ0) is 12.8. The van der Waals surface area contributed by atoms with E-state index in [1.54, 1.807) is 0 Å². The smallest absolute Gasteiger partial charge is 0.128 e. The summed E-state index contributed by atoms with van der Waals surface area (Å²) in [5.74, 6) is 3.16. The fraction of sp³-hybridized carbons (Fsp3) is 0.643. The van der Waals surface area contributed by atoms with Gasteiger partial charge in [0.2, 0.25) is 0 Å². The van der Waals surface area contributed by atoms with Crippen molar-refractivity contribution < 1.29 is 0 Å². The normalized spacial score (nSPS) is 23.0. The minimum absolute atomic E-state index is 0.583. The van der Waals surface area contributed by atoms with Gasteiger partial charge >= 0.3 is 0 Å². The van der Waals surface area contributed by atoms with E-state index in [9.17, 15) is 0 Å². The Kier molecular flexibility index (Phi) is 5.17. The van der Waals surface area contributed by atoms with Crippen molar-refractivity contribution >= 4 is 23.4 Å². The average molecular weight is 265 g/mol. The van der Waals surface area contributed by atoms with Gasteiger partial charge in [0.25, 0.3) is 0 Å². The van der Waals surface area contributed by atoms with Gasteiger partial charge in [-0.05, 0) is 37.7 Å². The van der Waals surface area contributed by atoms with Gasteiger partial charge < -0.3 is 10.6 Å². The molecule has 4 heteroatoms. The minimum Gasteiger partial charge on any atom is -0.370 e. The van der Waals surface area contributed by atoms with Gasteiger partial charge in [-0.1, -0.05) is 19.4 Å². The number of anilines is 2. The molecule has 0 bridgehead atoms. The third-order valence-corrected chi connectivity index (χ3v) is 4.60. The molecule has 1 aliphatic carbocycles. The molecule has 0 amide bonds. The summed E-state index contributed by atoms with van der Waals surface area (Å²) in [5, 5.41) is 7.61. The van der Waals surface area contributed by atoms with Crippen molar-refractivity contribution in [3.05, 3.63) is 18.2 Å². The molecule has 1 aromatic rings. The number of pyridine rings is 1. The van der Waals surface area contributed by atoms with E-state index >= 15 is 0 Å². The zero-order valence-corrected chi connectivity index (χ0v) is 12.1. The highest BCUT2D eigenvalue weighted by atomic mass is 32.2. The molecular weight excluding hydrogens is 242 g/mol. The first-order valence-electron chi connectivity index (χ1n) is 6.92. The Morgan fingerprint density at radius 3 is 2.89 bits per heavy atom. The molecule has 100 valence electrons. The summed E-state index contributed by atoms with van der Waals surface area (Å²) in [7, 11) is 0. The molecule has 1 aliphatic rings. The zero-order valence-electron chi connectivity index (χ0n) is 11.3. The van der Waals surface area contributed by atoms with E-state index in [0.717, 1.165) is 23.4 Å². The maximum absolute atomic E-state index is 4.59. The molecule has 2 N–H and O–H groups in total. The first-order valence-corrected chi connectivity index (χ1v) is 7.97. The van der Waals surface area contributed by atoms with Crippen molar-refractivity contribution in [2.45, 2.75) is 44.4 Å². The van der Waals surface area contributed by atoms with Crippen LogP contribution in [-0.4, -0.2) is 28.6 Å². The molecule has 0 aliphatic heterocycles. The van der Waals surface area contributed by atoms with E-state index in [0.29, 0.717) is 6.04 Å². The maximum atomic E-state index is 4.59. The second-order valence-corrected chi connectivity index (χ2v) is 6.13. The molecular formula is C14H23N3S. The van der Waals surface area contributed by atoms with Crippen LogP contribution in [0.5, 0.6) is 0 Å². The molecule has 2 rings (SSSR count). The molecule has 0 spiro atoms. The van der Waals surface area contributed by atoms with Crippen molar-refractivity contribution in [2.24, 2.45) is 0 Å². The maximum Gasteiger partial charge on any atom is 0.128 e. The fourth-order valence-electron chi connectivity index (χ4n) is 2.49. The van der Waals surface area contributed by atoms with Crippen molar-refractivity contribution in [1.82, 2.24) is 4.98 Å². The van der Waals surface area contributed by atoms with Crippen LogP contribution < -0.4 is 10.6 Å². The molecule has 0 radical (unpaired) electrons. The first-order chi connectivity index (χ1) is 8.83. The Balaban J connectivity index is 1.97. The predicted octanol–water partition coefficient (Wildman–Crippen LogP) is 3.60. The molecule has 1 fully saturated rings. The van der Waals surface area contributed by atoms with Gasteiger partial charge in [-0.2, -0.15) is 11.8 Å². The first kappa shape index (κ1) is 13.5. The van der Waals surface area contributed by atoms with Gasteiger partial charge in [0.1, 0.15) is 11.6 Å². The van der Waals surface area contributed by atoms with E-state index in [1.165, 1.54) is 25.0 Å². The molecule has 0 saturated heterocycles. The number of thioether (sulfide) groups is 1. The van der Waals surface area contributed by atoms with Crippen LogP contribution >= 0.6 is 11.8 Å². The molecule has 1 heterocycles. The summed E-state index contributed by atoms with van der Waals surface area (Å²) in [4.78, 5) is 4.59. The Hall–Kier alpha value is -0.900. The highest BCUT2D eigenvalue weighted by Gasteiger charge is 2.27. The SMILES string of the molecule is CCNc1cccc(NC2CCCC2SCC)n1. The third kappa shape index (κ3) is 3.55. The number of nitrogens with one attached hydrogen (secondary N) is 2. The molecule has 1 saturated carbocycles. The lowest BCUT2D eigenvalue weighted by atomic mass is 10.2. The summed E-state index contributed by atoms with van der Waals surface area (Å²) in [6, 6.07) is 6.72. The lowest BCUT2D eigenvalue weighted by Crippen LogP contribution is -2.26. The quantitative estimate of drug-likeness (QED) is 0.824. The molecule has 1 aromatic heterocycles. The van der Waals surface area contributed by atoms with E-state index in [1.807, 2.05) is 6.07 Å². The number of nitrogens with zero attached hydrogens (tertiary/aromatic N) is 1. The highest BCUT2D eigenvalue weighted by Crippen LogP contribution is 2.31. The van der Waals surface area contributed by atoms with Gasteiger partial charge in [-0.25, -0.2) is 4.98 Å². The lowest BCUT2D eigenvalue weighted by Gasteiger charge is -2.21. The van der Waals surface area contributed by atoms with Gasteiger partial charge in [0.15, 0.2) is 0 Å². The molecule has 3 nitrogen and oxygen atoms in total. The van der Waals surface area contributed by atoms with Crippen LogP contribution in [0.2, 0.25) is 0 Å². The minimum atomic E-state index is 0.583.